The van der Waals surface area contributed by atoms with E-state index in [1.807, 2.05) is 26.8 Å². The molecule has 25 heavy (non-hydrogen) atoms. The molecule has 0 aliphatic heterocycles. The summed E-state index contributed by atoms with van der Waals surface area (Å²) >= 11 is 0. The Bertz CT molecular complexity index is 541. The topological polar surface area (TPSA) is 49.3 Å². The highest BCUT2D eigenvalue weighted by atomic mass is 32.2. The van der Waals surface area contributed by atoms with Crippen LogP contribution in [0, 0.1) is 11.8 Å². The fraction of sp³-hybridized carbons (Fsp3) is 0.714. The standard InChI is InChI=1S/C21H35NO2S/c1-5-17-12-9-13-19(23)20(17)18(22-25(24)21(2,3)4)15-14-16-10-7-6-8-11-16/h6-8,10-11,17-20,22-23H,5,9,12-15H2,1-4H3/t17-,18+,19-,20-,25+/m0/s1. The van der Waals surface area contributed by atoms with Crippen molar-refractivity contribution in [2.24, 2.45) is 11.8 Å². The normalized spacial score (nSPS) is 27.0. The van der Waals surface area contributed by atoms with E-state index in [1.165, 1.54) is 12.0 Å². The summed E-state index contributed by atoms with van der Waals surface area (Å²) in [4.78, 5) is 0. The smallest absolute Gasteiger partial charge is 0.0972 e. The van der Waals surface area contributed by atoms with Crippen LogP contribution in [0.5, 0.6) is 0 Å². The van der Waals surface area contributed by atoms with Crippen LogP contribution in [-0.4, -0.2) is 26.2 Å². The highest BCUT2D eigenvalue weighted by Gasteiger charge is 2.38. The number of nitrogens with one attached hydrogen (secondary N) is 1. The molecule has 1 aromatic rings. The van der Waals surface area contributed by atoms with Gasteiger partial charge in [-0.1, -0.05) is 50.1 Å². The van der Waals surface area contributed by atoms with Gasteiger partial charge in [0.1, 0.15) is 0 Å². The van der Waals surface area contributed by atoms with Gasteiger partial charge in [0.15, 0.2) is 0 Å². The van der Waals surface area contributed by atoms with Crippen LogP contribution >= 0.6 is 0 Å². The summed E-state index contributed by atoms with van der Waals surface area (Å²) in [5.74, 6) is 0.697. The first-order chi connectivity index (χ1) is 11.8. The second-order valence-electron chi connectivity index (χ2n) is 8.37. The molecule has 0 saturated heterocycles. The molecule has 5 atom stereocenters. The first kappa shape index (κ1) is 20.6. The lowest BCUT2D eigenvalue weighted by Gasteiger charge is -2.41. The minimum atomic E-state index is -1.12. The predicted molar refractivity (Wildman–Crippen MR) is 107 cm³/mol. The molecule has 1 aliphatic carbocycles. The predicted octanol–water partition coefficient (Wildman–Crippen LogP) is 4.23. The first-order valence-electron chi connectivity index (χ1n) is 9.73. The zero-order valence-corrected chi connectivity index (χ0v) is 17.0. The van der Waals surface area contributed by atoms with Gasteiger partial charge < -0.3 is 5.11 Å². The van der Waals surface area contributed by atoms with E-state index in [4.69, 9.17) is 0 Å². The maximum Gasteiger partial charge on any atom is 0.0972 e. The van der Waals surface area contributed by atoms with Crippen molar-refractivity contribution in [1.82, 2.24) is 4.72 Å². The van der Waals surface area contributed by atoms with Crippen LogP contribution in [0.4, 0.5) is 0 Å². The Morgan fingerprint density at radius 2 is 1.92 bits per heavy atom. The van der Waals surface area contributed by atoms with Crippen molar-refractivity contribution >= 4 is 11.0 Å². The number of hydrogen-bond acceptors (Lipinski definition) is 2. The lowest BCUT2D eigenvalue weighted by atomic mass is 9.71. The molecule has 0 bridgehead atoms. The van der Waals surface area contributed by atoms with Crippen LogP contribution in [0.25, 0.3) is 0 Å². The van der Waals surface area contributed by atoms with Gasteiger partial charge in [-0.05, 0) is 57.9 Å². The summed E-state index contributed by atoms with van der Waals surface area (Å²) in [5, 5.41) is 10.7. The highest BCUT2D eigenvalue weighted by Crippen LogP contribution is 2.36. The van der Waals surface area contributed by atoms with E-state index in [0.29, 0.717) is 5.92 Å². The fourth-order valence-electron chi connectivity index (χ4n) is 3.97. The summed E-state index contributed by atoms with van der Waals surface area (Å²) in [7, 11) is -1.12. The number of rotatable bonds is 7. The van der Waals surface area contributed by atoms with Crippen molar-refractivity contribution in [3.8, 4) is 0 Å². The number of aryl methyl sites for hydroxylation is 1. The molecule has 0 unspecified atom stereocenters. The van der Waals surface area contributed by atoms with E-state index in [-0.39, 0.29) is 22.8 Å². The van der Waals surface area contributed by atoms with Crippen LogP contribution < -0.4 is 4.72 Å². The maximum absolute atomic E-state index is 12.7. The molecule has 0 aromatic heterocycles. The van der Waals surface area contributed by atoms with Gasteiger partial charge in [-0.2, -0.15) is 0 Å². The molecule has 0 spiro atoms. The second-order valence-corrected chi connectivity index (χ2v) is 10.4. The van der Waals surface area contributed by atoms with Gasteiger partial charge in [-0.3, -0.25) is 0 Å². The fourth-order valence-corrected chi connectivity index (χ4v) is 4.88. The average Bonchev–Trinajstić information content (AvgIpc) is 2.58. The van der Waals surface area contributed by atoms with Gasteiger partial charge in [0.05, 0.1) is 21.8 Å². The number of benzene rings is 1. The van der Waals surface area contributed by atoms with E-state index in [1.54, 1.807) is 0 Å². The summed E-state index contributed by atoms with van der Waals surface area (Å²) in [6.45, 7) is 8.21. The summed E-state index contributed by atoms with van der Waals surface area (Å²) in [6.07, 6.45) is 5.78. The summed E-state index contributed by atoms with van der Waals surface area (Å²) in [6, 6.07) is 10.5. The number of aliphatic hydroxyl groups excluding tert-OH is 1. The third kappa shape index (κ3) is 5.90. The third-order valence-electron chi connectivity index (χ3n) is 5.45. The Labute approximate surface area is 156 Å². The van der Waals surface area contributed by atoms with E-state index in [9.17, 15) is 9.32 Å². The molecule has 2 N–H and O–H groups in total. The van der Waals surface area contributed by atoms with Crippen molar-refractivity contribution in [2.45, 2.75) is 83.1 Å². The monoisotopic (exact) mass is 365 g/mol. The zero-order chi connectivity index (χ0) is 18.4. The summed E-state index contributed by atoms with van der Waals surface area (Å²) in [5.41, 5.74) is 1.30. The number of aliphatic hydroxyl groups is 1. The Balaban J connectivity index is 2.16. The highest BCUT2D eigenvalue weighted by molar-refractivity contribution is 7.84. The van der Waals surface area contributed by atoms with Crippen LogP contribution in [0.3, 0.4) is 0 Å². The lowest BCUT2D eigenvalue weighted by Crippen LogP contribution is -2.50. The molecular formula is C21H35NO2S. The van der Waals surface area contributed by atoms with Gasteiger partial charge in [-0.15, -0.1) is 0 Å². The molecule has 0 amide bonds. The lowest BCUT2D eigenvalue weighted by molar-refractivity contribution is 0.0123. The Hall–Kier alpha value is -0.710. The third-order valence-corrected chi connectivity index (χ3v) is 7.08. The molecule has 0 heterocycles. The van der Waals surface area contributed by atoms with Gasteiger partial charge in [0.2, 0.25) is 0 Å². The summed E-state index contributed by atoms with van der Waals surface area (Å²) < 4.78 is 15.9. The van der Waals surface area contributed by atoms with Gasteiger partial charge in [0, 0.05) is 12.0 Å². The first-order valence-corrected chi connectivity index (χ1v) is 10.9. The molecule has 0 radical (unpaired) electrons. The Morgan fingerprint density at radius 3 is 2.52 bits per heavy atom. The van der Waals surface area contributed by atoms with Crippen LogP contribution in [0.2, 0.25) is 0 Å². The van der Waals surface area contributed by atoms with Gasteiger partial charge >= 0.3 is 0 Å². The Kier molecular flexibility index (Phi) is 7.66. The molecule has 2 rings (SSSR count). The van der Waals surface area contributed by atoms with E-state index in [0.717, 1.165) is 32.1 Å². The van der Waals surface area contributed by atoms with Crippen LogP contribution in [0.15, 0.2) is 30.3 Å². The molecule has 4 heteroatoms. The molecule has 142 valence electrons. The van der Waals surface area contributed by atoms with E-state index >= 15 is 0 Å². The van der Waals surface area contributed by atoms with Crippen molar-refractivity contribution in [3.05, 3.63) is 35.9 Å². The average molecular weight is 366 g/mol. The molecule has 1 saturated carbocycles. The number of hydrogen-bond donors (Lipinski definition) is 2. The van der Waals surface area contributed by atoms with Gasteiger partial charge in [-0.25, -0.2) is 8.93 Å². The van der Waals surface area contributed by atoms with Crippen molar-refractivity contribution < 1.29 is 9.32 Å². The van der Waals surface area contributed by atoms with E-state index in [2.05, 4.69) is 35.9 Å². The minimum absolute atomic E-state index is 0.0838. The van der Waals surface area contributed by atoms with Crippen molar-refractivity contribution in [2.75, 3.05) is 0 Å². The zero-order valence-electron chi connectivity index (χ0n) is 16.2. The van der Waals surface area contributed by atoms with Crippen LogP contribution in [-0.2, 0) is 17.4 Å². The quantitative estimate of drug-likeness (QED) is 0.760. The second kappa shape index (κ2) is 9.29. The maximum atomic E-state index is 12.7. The molecule has 3 nitrogen and oxygen atoms in total. The van der Waals surface area contributed by atoms with Crippen molar-refractivity contribution in [3.63, 3.8) is 0 Å². The minimum Gasteiger partial charge on any atom is -0.393 e. The largest absolute Gasteiger partial charge is 0.393 e. The molecule has 1 aliphatic rings. The van der Waals surface area contributed by atoms with Gasteiger partial charge in [0.25, 0.3) is 0 Å². The van der Waals surface area contributed by atoms with Crippen molar-refractivity contribution in [1.29, 1.82) is 0 Å². The molecule has 1 aromatic carbocycles. The molecular weight excluding hydrogens is 330 g/mol. The SMILES string of the molecule is CC[C@H]1CCC[C@H](O)[C@@H]1[C@@H](CCc1ccccc1)N[S@](=O)C(C)(C)C. The molecule has 1 fully saturated rings. The van der Waals surface area contributed by atoms with E-state index < -0.39 is 11.0 Å². The van der Waals surface area contributed by atoms with Crippen LogP contribution in [0.1, 0.15) is 65.4 Å². The Morgan fingerprint density at radius 1 is 1.24 bits per heavy atom.